The van der Waals surface area contributed by atoms with Crippen LogP contribution in [0.25, 0.3) is 10.8 Å². The number of amides is 1. The largest absolute Gasteiger partial charge is 0.435 e. The Morgan fingerprint density at radius 1 is 0.909 bits per heavy atom. The van der Waals surface area contributed by atoms with Gasteiger partial charge < -0.3 is 10.1 Å². The lowest BCUT2D eigenvalue weighted by Gasteiger charge is -2.12. The summed E-state index contributed by atoms with van der Waals surface area (Å²) in [5.74, 6) is -0.320. The van der Waals surface area contributed by atoms with Gasteiger partial charge in [0.05, 0.1) is 11.9 Å². The quantitative estimate of drug-likeness (QED) is 0.441. The summed E-state index contributed by atoms with van der Waals surface area (Å²) in [4.78, 5) is 25.9. The number of hydrogen-bond acceptors (Lipinski definition) is 4. The van der Waals surface area contributed by atoms with E-state index in [4.69, 9.17) is 0 Å². The van der Waals surface area contributed by atoms with E-state index in [0.717, 1.165) is 11.1 Å². The maximum absolute atomic E-state index is 12.9. The van der Waals surface area contributed by atoms with Gasteiger partial charge in [0.25, 0.3) is 11.5 Å². The molecule has 4 aromatic rings. The molecule has 0 bridgehead atoms. The molecule has 0 spiro atoms. The number of nitrogens with one attached hydrogen (secondary N) is 1. The first-order valence-corrected chi connectivity index (χ1v) is 10.4. The summed E-state index contributed by atoms with van der Waals surface area (Å²) in [5.41, 5.74) is 1.65. The Kier molecular flexibility index (Phi) is 6.73. The Morgan fingerprint density at radius 2 is 1.58 bits per heavy atom. The van der Waals surface area contributed by atoms with Crippen molar-refractivity contribution in [1.29, 1.82) is 0 Å². The molecule has 168 valence electrons. The smallest absolute Gasteiger partial charge is 0.387 e. The number of benzene rings is 3. The van der Waals surface area contributed by atoms with E-state index >= 15 is 0 Å². The first-order valence-electron chi connectivity index (χ1n) is 10.4. The highest BCUT2D eigenvalue weighted by Crippen LogP contribution is 2.16. The lowest BCUT2D eigenvalue weighted by molar-refractivity contribution is -0.0498. The molecule has 0 aliphatic carbocycles. The minimum atomic E-state index is -2.87. The highest BCUT2D eigenvalue weighted by molar-refractivity contribution is 6.04. The van der Waals surface area contributed by atoms with E-state index in [0.29, 0.717) is 23.7 Å². The van der Waals surface area contributed by atoms with Crippen LogP contribution >= 0.6 is 0 Å². The normalized spacial score (nSPS) is 11.0. The van der Waals surface area contributed by atoms with Crippen molar-refractivity contribution in [3.05, 3.63) is 106 Å². The minimum Gasteiger partial charge on any atom is -0.435 e. The van der Waals surface area contributed by atoms with Crippen molar-refractivity contribution in [2.75, 3.05) is 6.54 Å². The number of nitrogens with zero attached hydrogens (tertiary/aromatic N) is 2. The van der Waals surface area contributed by atoms with Crippen LogP contribution in [0.4, 0.5) is 8.78 Å². The van der Waals surface area contributed by atoms with Gasteiger partial charge in [0, 0.05) is 11.9 Å². The molecule has 0 aliphatic rings. The van der Waals surface area contributed by atoms with Gasteiger partial charge in [-0.3, -0.25) is 9.59 Å². The number of ether oxygens (including phenoxy) is 1. The van der Waals surface area contributed by atoms with Crippen LogP contribution in [0.1, 0.15) is 21.6 Å². The van der Waals surface area contributed by atoms with Crippen LogP contribution < -0.4 is 15.6 Å². The Balaban J connectivity index is 1.51. The van der Waals surface area contributed by atoms with E-state index in [1.54, 1.807) is 36.4 Å². The van der Waals surface area contributed by atoms with Crippen LogP contribution in [-0.4, -0.2) is 28.8 Å². The topological polar surface area (TPSA) is 73.2 Å². The van der Waals surface area contributed by atoms with E-state index in [1.165, 1.54) is 16.8 Å². The maximum atomic E-state index is 12.9. The Hall–Kier alpha value is -4.07. The van der Waals surface area contributed by atoms with Gasteiger partial charge in [0.1, 0.15) is 5.75 Å². The van der Waals surface area contributed by atoms with Crippen LogP contribution in [0.15, 0.2) is 83.7 Å². The molecular formula is C25H21F2N3O3. The van der Waals surface area contributed by atoms with Crippen LogP contribution in [-0.2, 0) is 13.0 Å². The zero-order valence-electron chi connectivity index (χ0n) is 17.6. The van der Waals surface area contributed by atoms with E-state index in [-0.39, 0.29) is 23.5 Å². The van der Waals surface area contributed by atoms with Gasteiger partial charge in [-0.25, -0.2) is 4.68 Å². The molecule has 6 nitrogen and oxygen atoms in total. The highest BCUT2D eigenvalue weighted by Gasteiger charge is 2.16. The van der Waals surface area contributed by atoms with Gasteiger partial charge in [-0.15, -0.1) is 0 Å². The average molecular weight is 449 g/mol. The summed E-state index contributed by atoms with van der Waals surface area (Å²) >= 11 is 0. The third kappa shape index (κ3) is 5.41. The number of carbonyl (C=O) groups excluding carboxylic acids is 1. The number of aromatic nitrogens is 2. The summed E-state index contributed by atoms with van der Waals surface area (Å²) < 4.78 is 30.2. The molecular weight excluding hydrogens is 428 g/mol. The molecule has 1 aromatic heterocycles. The maximum Gasteiger partial charge on any atom is 0.387 e. The van der Waals surface area contributed by atoms with E-state index in [1.807, 2.05) is 30.3 Å². The standard InChI is InChI=1S/C25H21F2N3O3/c26-25(27)33-19-12-10-17(11-13-19)14-15-28-23(31)22-20-8-4-5-9-21(20)24(32)30(29-22)16-18-6-2-1-3-7-18/h1-13,25H,14-16H2,(H,28,31). The predicted molar refractivity (Wildman–Crippen MR) is 121 cm³/mol. The van der Waals surface area contributed by atoms with Crippen molar-refractivity contribution in [2.24, 2.45) is 0 Å². The molecule has 1 N–H and O–H groups in total. The summed E-state index contributed by atoms with van der Waals surface area (Å²) in [6.07, 6.45) is 0.488. The van der Waals surface area contributed by atoms with Crippen molar-refractivity contribution >= 4 is 16.7 Å². The summed E-state index contributed by atoms with van der Waals surface area (Å²) in [7, 11) is 0. The molecule has 1 heterocycles. The summed E-state index contributed by atoms with van der Waals surface area (Å²) in [6, 6.07) is 22.5. The Morgan fingerprint density at radius 3 is 2.27 bits per heavy atom. The first-order chi connectivity index (χ1) is 16.0. The van der Waals surface area contributed by atoms with Gasteiger partial charge in [-0.05, 0) is 35.7 Å². The summed E-state index contributed by atoms with van der Waals surface area (Å²) in [6.45, 7) is -2.32. The fourth-order valence-corrected chi connectivity index (χ4v) is 3.51. The molecule has 8 heteroatoms. The molecule has 0 radical (unpaired) electrons. The zero-order valence-corrected chi connectivity index (χ0v) is 17.6. The van der Waals surface area contributed by atoms with E-state index in [2.05, 4.69) is 15.2 Å². The van der Waals surface area contributed by atoms with Crippen LogP contribution in [0.3, 0.4) is 0 Å². The highest BCUT2D eigenvalue weighted by atomic mass is 19.3. The average Bonchev–Trinajstić information content (AvgIpc) is 2.82. The van der Waals surface area contributed by atoms with Crippen molar-refractivity contribution in [3.8, 4) is 5.75 Å². The molecule has 0 saturated heterocycles. The van der Waals surface area contributed by atoms with Gasteiger partial charge in [-0.2, -0.15) is 13.9 Å². The van der Waals surface area contributed by atoms with Gasteiger partial charge >= 0.3 is 6.61 Å². The molecule has 0 unspecified atom stereocenters. The van der Waals surface area contributed by atoms with Crippen molar-refractivity contribution in [2.45, 2.75) is 19.6 Å². The lowest BCUT2D eigenvalue weighted by Crippen LogP contribution is -2.32. The van der Waals surface area contributed by atoms with Gasteiger partial charge in [-0.1, -0.05) is 60.7 Å². The van der Waals surface area contributed by atoms with Gasteiger partial charge in [0.2, 0.25) is 0 Å². The van der Waals surface area contributed by atoms with Crippen LogP contribution in [0, 0.1) is 0 Å². The molecule has 0 saturated carbocycles. The second kappa shape index (κ2) is 10.0. The predicted octanol–water partition coefficient (Wildman–Crippen LogP) is 4.02. The molecule has 4 rings (SSSR count). The monoisotopic (exact) mass is 449 g/mol. The summed E-state index contributed by atoms with van der Waals surface area (Å²) in [5, 5.41) is 8.10. The number of rotatable bonds is 8. The number of alkyl halides is 2. The van der Waals surface area contributed by atoms with Crippen LogP contribution in [0.2, 0.25) is 0 Å². The molecule has 1 amide bonds. The molecule has 33 heavy (non-hydrogen) atoms. The number of carbonyl (C=O) groups is 1. The third-order valence-electron chi connectivity index (χ3n) is 5.11. The molecule has 3 aromatic carbocycles. The number of fused-ring (bicyclic) bond motifs is 1. The third-order valence-corrected chi connectivity index (χ3v) is 5.11. The van der Waals surface area contributed by atoms with E-state index in [9.17, 15) is 18.4 Å². The lowest BCUT2D eigenvalue weighted by atomic mass is 10.1. The number of hydrogen-bond donors (Lipinski definition) is 1. The first kappa shape index (κ1) is 22.1. The zero-order chi connectivity index (χ0) is 23.2. The second-order valence-electron chi connectivity index (χ2n) is 7.37. The Labute approximate surface area is 188 Å². The fraction of sp³-hybridized carbons (Fsp3) is 0.160. The number of halogens is 2. The van der Waals surface area contributed by atoms with Crippen LogP contribution in [0.5, 0.6) is 5.75 Å². The van der Waals surface area contributed by atoms with E-state index < -0.39 is 12.5 Å². The molecule has 0 atom stereocenters. The fourth-order valence-electron chi connectivity index (χ4n) is 3.51. The Bertz CT molecular complexity index is 1310. The second-order valence-corrected chi connectivity index (χ2v) is 7.37. The SMILES string of the molecule is O=C(NCCc1ccc(OC(F)F)cc1)c1nn(Cc2ccccc2)c(=O)c2ccccc12. The molecule has 0 aliphatic heterocycles. The van der Waals surface area contributed by atoms with Crippen molar-refractivity contribution in [3.63, 3.8) is 0 Å². The minimum absolute atomic E-state index is 0.0779. The van der Waals surface area contributed by atoms with Crippen molar-refractivity contribution in [1.82, 2.24) is 15.1 Å². The van der Waals surface area contributed by atoms with Gasteiger partial charge in [0.15, 0.2) is 5.69 Å². The van der Waals surface area contributed by atoms with Crippen molar-refractivity contribution < 1.29 is 18.3 Å². The molecule has 0 fully saturated rings.